The fourth-order valence-electron chi connectivity index (χ4n) is 4.70. The number of likely N-dealkylation sites (tertiary alicyclic amines) is 1. The van der Waals surface area contributed by atoms with Gasteiger partial charge in [-0.1, -0.05) is 48.0 Å². The molecule has 5 nitrogen and oxygen atoms in total. The van der Waals surface area contributed by atoms with Crippen molar-refractivity contribution in [3.8, 4) is 33.8 Å². The Bertz CT molecular complexity index is 1400. The molecule has 0 radical (unpaired) electrons. The van der Waals surface area contributed by atoms with E-state index in [1.54, 1.807) is 19.2 Å². The SMILES string of the molecule is COc1ccc(C(=O)Nc2ccc(-c3ccc(OC4CCN(C)CC4)cc3)cc2)cc1-c1cccc(Cl)c1. The fourth-order valence-corrected chi connectivity index (χ4v) is 4.89. The van der Waals surface area contributed by atoms with Gasteiger partial charge in [-0.3, -0.25) is 4.79 Å². The molecule has 194 valence electrons. The third-order valence-electron chi connectivity index (χ3n) is 6.90. The van der Waals surface area contributed by atoms with Crippen LogP contribution in [-0.2, 0) is 0 Å². The van der Waals surface area contributed by atoms with Crippen molar-refractivity contribution in [2.45, 2.75) is 18.9 Å². The first-order valence-corrected chi connectivity index (χ1v) is 13.2. The minimum absolute atomic E-state index is 0.195. The summed E-state index contributed by atoms with van der Waals surface area (Å²) < 4.78 is 11.7. The van der Waals surface area contributed by atoms with E-state index in [4.69, 9.17) is 21.1 Å². The lowest BCUT2D eigenvalue weighted by atomic mass is 10.0. The van der Waals surface area contributed by atoms with Crippen LogP contribution in [0.3, 0.4) is 0 Å². The number of hydrogen-bond acceptors (Lipinski definition) is 4. The average molecular weight is 527 g/mol. The molecule has 4 aromatic rings. The molecule has 0 aliphatic carbocycles. The predicted molar refractivity (Wildman–Crippen MR) is 154 cm³/mol. The molecule has 38 heavy (non-hydrogen) atoms. The van der Waals surface area contributed by atoms with Gasteiger partial charge in [0.05, 0.1) is 7.11 Å². The highest BCUT2D eigenvalue weighted by molar-refractivity contribution is 6.30. The first kappa shape index (κ1) is 25.8. The van der Waals surface area contributed by atoms with Crippen molar-refractivity contribution in [2.24, 2.45) is 0 Å². The minimum Gasteiger partial charge on any atom is -0.496 e. The lowest BCUT2D eigenvalue weighted by molar-refractivity contribution is 0.102. The summed E-state index contributed by atoms with van der Waals surface area (Å²) in [5, 5.41) is 3.62. The fraction of sp³-hybridized carbons (Fsp3) is 0.219. The lowest BCUT2D eigenvalue weighted by Gasteiger charge is -2.29. The van der Waals surface area contributed by atoms with Gasteiger partial charge in [-0.2, -0.15) is 0 Å². The normalized spacial score (nSPS) is 14.2. The van der Waals surface area contributed by atoms with Crippen LogP contribution in [0.1, 0.15) is 23.2 Å². The number of benzene rings is 4. The van der Waals surface area contributed by atoms with Gasteiger partial charge in [-0.25, -0.2) is 0 Å². The van der Waals surface area contributed by atoms with Gasteiger partial charge < -0.3 is 19.7 Å². The van der Waals surface area contributed by atoms with Gasteiger partial charge in [-0.05, 0) is 91.2 Å². The largest absolute Gasteiger partial charge is 0.496 e. The third-order valence-corrected chi connectivity index (χ3v) is 7.13. The van der Waals surface area contributed by atoms with Crippen molar-refractivity contribution in [3.63, 3.8) is 0 Å². The van der Waals surface area contributed by atoms with E-state index in [1.165, 1.54) is 0 Å². The smallest absolute Gasteiger partial charge is 0.255 e. The van der Waals surface area contributed by atoms with E-state index in [0.717, 1.165) is 59.6 Å². The van der Waals surface area contributed by atoms with E-state index in [2.05, 4.69) is 29.4 Å². The van der Waals surface area contributed by atoms with Crippen LogP contribution in [0, 0.1) is 0 Å². The molecule has 6 heteroatoms. The summed E-state index contributed by atoms with van der Waals surface area (Å²) in [6.07, 6.45) is 2.40. The van der Waals surface area contributed by atoms with Gasteiger partial charge in [0, 0.05) is 34.9 Å². The molecule has 0 bridgehead atoms. The van der Waals surface area contributed by atoms with Gasteiger partial charge in [0.1, 0.15) is 17.6 Å². The maximum atomic E-state index is 13.0. The second kappa shape index (κ2) is 11.7. The molecule has 1 saturated heterocycles. The molecule has 0 unspecified atom stereocenters. The molecule has 1 amide bonds. The Balaban J connectivity index is 1.25. The summed E-state index contributed by atoms with van der Waals surface area (Å²) in [4.78, 5) is 15.4. The number of halogens is 1. The monoisotopic (exact) mass is 526 g/mol. The van der Waals surface area contributed by atoms with E-state index < -0.39 is 0 Å². The van der Waals surface area contributed by atoms with Crippen molar-refractivity contribution in [1.29, 1.82) is 0 Å². The Hall–Kier alpha value is -3.80. The molecule has 1 aliphatic heterocycles. The lowest BCUT2D eigenvalue weighted by Crippen LogP contribution is -2.35. The van der Waals surface area contributed by atoms with Gasteiger partial charge in [-0.15, -0.1) is 0 Å². The van der Waals surface area contributed by atoms with Crippen LogP contribution in [-0.4, -0.2) is 44.2 Å². The second-order valence-corrected chi connectivity index (χ2v) is 10.0. The summed E-state index contributed by atoms with van der Waals surface area (Å²) in [5.74, 6) is 1.39. The molecule has 0 saturated carbocycles. The number of carbonyl (C=O) groups is 1. The molecule has 1 fully saturated rings. The van der Waals surface area contributed by atoms with Crippen molar-refractivity contribution in [3.05, 3.63) is 102 Å². The van der Waals surface area contributed by atoms with Gasteiger partial charge in [0.15, 0.2) is 0 Å². The average Bonchev–Trinajstić information content (AvgIpc) is 2.95. The number of carbonyl (C=O) groups excluding carboxylic acids is 1. The van der Waals surface area contributed by atoms with Gasteiger partial charge in [0.2, 0.25) is 0 Å². The van der Waals surface area contributed by atoms with Crippen molar-refractivity contribution in [2.75, 3.05) is 32.6 Å². The molecule has 0 spiro atoms. The number of ether oxygens (including phenoxy) is 2. The zero-order valence-corrected chi connectivity index (χ0v) is 22.4. The number of methoxy groups -OCH3 is 1. The number of piperidine rings is 1. The first-order chi connectivity index (χ1) is 18.5. The number of anilines is 1. The van der Waals surface area contributed by atoms with Crippen molar-refractivity contribution in [1.82, 2.24) is 4.90 Å². The summed E-state index contributed by atoms with van der Waals surface area (Å²) in [5.41, 5.74) is 5.12. The maximum absolute atomic E-state index is 13.0. The van der Waals surface area contributed by atoms with E-state index in [-0.39, 0.29) is 12.0 Å². The molecule has 1 aliphatic rings. The molecule has 1 heterocycles. The molecular weight excluding hydrogens is 496 g/mol. The molecular formula is C32H31ClN2O3. The van der Waals surface area contributed by atoms with Crippen LogP contribution >= 0.6 is 11.6 Å². The van der Waals surface area contributed by atoms with E-state index in [0.29, 0.717) is 16.3 Å². The zero-order chi connectivity index (χ0) is 26.5. The summed E-state index contributed by atoms with van der Waals surface area (Å²) in [6.45, 7) is 2.15. The Morgan fingerprint density at radius 3 is 2.21 bits per heavy atom. The maximum Gasteiger partial charge on any atom is 0.255 e. The van der Waals surface area contributed by atoms with Crippen LogP contribution in [0.15, 0.2) is 91.0 Å². The standard InChI is InChI=1S/C32H31ClN2O3/c1-35-18-16-29(17-19-35)38-28-13-8-23(9-14-28)22-6-11-27(12-7-22)34-32(36)25-10-15-31(37-2)30(21-25)24-4-3-5-26(33)20-24/h3-15,20-21,29H,16-19H2,1-2H3,(H,34,36). The van der Waals surface area contributed by atoms with Crippen LogP contribution in [0.2, 0.25) is 5.02 Å². The highest BCUT2D eigenvalue weighted by Gasteiger charge is 2.18. The number of hydrogen-bond donors (Lipinski definition) is 1. The van der Waals surface area contributed by atoms with E-state index in [9.17, 15) is 4.79 Å². The molecule has 0 atom stereocenters. The van der Waals surface area contributed by atoms with Crippen molar-refractivity contribution < 1.29 is 14.3 Å². The third kappa shape index (κ3) is 6.18. The summed E-state index contributed by atoms with van der Waals surface area (Å²) >= 11 is 6.18. The topological polar surface area (TPSA) is 50.8 Å². The van der Waals surface area contributed by atoms with Crippen LogP contribution in [0.25, 0.3) is 22.3 Å². The molecule has 1 N–H and O–H groups in total. The molecule has 0 aromatic heterocycles. The number of nitrogens with zero attached hydrogens (tertiary/aromatic N) is 1. The Labute approximate surface area is 229 Å². The summed E-state index contributed by atoms with van der Waals surface area (Å²) in [7, 11) is 3.76. The second-order valence-electron chi connectivity index (χ2n) is 9.60. The first-order valence-electron chi connectivity index (χ1n) is 12.8. The Morgan fingerprint density at radius 2 is 1.55 bits per heavy atom. The zero-order valence-electron chi connectivity index (χ0n) is 21.6. The van der Waals surface area contributed by atoms with Crippen LogP contribution < -0.4 is 14.8 Å². The Kier molecular flexibility index (Phi) is 7.97. The minimum atomic E-state index is -0.195. The highest BCUT2D eigenvalue weighted by atomic mass is 35.5. The van der Waals surface area contributed by atoms with Crippen molar-refractivity contribution >= 4 is 23.2 Å². The number of nitrogens with one attached hydrogen (secondary N) is 1. The number of amides is 1. The van der Waals surface area contributed by atoms with E-state index >= 15 is 0 Å². The van der Waals surface area contributed by atoms with E-state index in [1.807, 2.05) is 66.7 Å². The van der Waals surface area contributed by atoms with Gasteiger partial charge in [0.25, 0.3) is 5.91 Å². The Morgan fingerprint density at radius 1 is 0.868 bits per heavy atom. The number of rotatable bonds is 7. The summed E-state index contributed by atoms with van der Waals surface area (Å²) in [6, 6.07) is 28.9. The predicted octanol–water partition coefficient (Wildman–Crippen LogP) is 7.41. The molecule has 5 rings (SSSR count). The highest BCUT2D eigenvalue weighted by Crippen LogP contribution is 2.33. The van der Waals surface area contributed by atoms with Crippen LogP contribution in [0.4, 0.5) is 5.69 Å². The quantitative estimate of drug-likeness (QED) is 0.272. The van der Waals surface area contributed by atoms with Gasteiger partial charge >= 0.3 is 0 Å². The molecule has 4 aromatic carbocycles. The van der Waals surface area contributed by atoms with Crippen LogP contribution in [0.5, 0.6) is 11.5 Å².